The number of nitrogens with one attached hydrogen (secondary N) is 6. The summed E-state index contributed by atoms with van der Waals surface area (Å²) in [5, 5.41) is 32.7. The van der Waals surface area contributed by atoms with Crippen LogP contribution in [0.4, 0.5) is 4.39 Å². The van der Waals surface area contributed by atoms with Crippen LogP contribution in [0.25, 0.3) is 33.4 Å². The summed E-state index contributed by atoms with van der Waals surface area (Å²) in [4.78, 5) is 52.7. The normalized spacial score (nSPS) is 18.1. The molecule has 0 bridgehead atoms. The van der Waals surface area contributed by atoms with Gasteiger partial charge in [-0.25, -0.2) is 9.37 Å². The van der Waals surface area contributed by atoms with Crippen LogP contribution >= 0.6 is 11.8 Å². The minimum Gasteiger partial charge on any atom is -0.361 e. The minimum atomic E-state index is -1.05. The predicted octanol–water partition coefficient (Wildman–Crippen LogP) is 4.51. The Hall–Kier alpha value is -6.30. The van der Waals surface area contributed by atoms with Crippen molar-refractivity contribution in [3.8, 4) is 22.5 Å². The van der Waals surface area contributed by atoms with Crippen LogP contribution in [0.3, 0.4) is 0 Å². The van der Waals surface area contributed by atoms with Gasteiger partial charge in [-0.15, -0.1) is 10.2 Å². The Labute approximate surface area is 344 Å². The maximum Gasteiger partial charge on any atom is 0.245 e. The first-order chi connectivity index (χ1) is 28.7. The van der Waals surface area contributed by atoms with Crippen LogP contribution in [0.2, 0.25) is 0 Å². The number of tetrazole rings is 1. The van der Waals surface area contributed by atoms with E-state index >= 15 is 4.39 Å². The quantitative estimate of drug-likeness (QED) is 0.0959. The van der Waals surface area contributed by atoms with E-state index < -0.39 is 41.7 Å². The molecule has 0 spiro atoms. The van der Waals surface area contributed by atoms with Crippen LogP contribution in [0.5, 0.6) is 0 Å². The monoisotopic (exact) mass is 816 g/mol. The summed E-state index contributed by atoms with van der Waals surface area (Å²) >= 11 is 1.13. The van der Waals surface area contributed by atoms with Gasteiger partial charge in [-0.05, 0) is 89.7 Å². The van der Waals surface area contributed by atoms with E-state index in [9.17, 15) is 14.4 Å². The van der Waals surface area contributed by atoms with Gasteiger partial charge in [-0.3, -0.25) is 14.4 Å². The highest BCUT2D eigenvalue weighted by atomic mass is 32.2. The van der Waals surface area contributed by atoms with Crippen LogP contribution in [0.15, 0.2) is 95.1 Å². The number of nitrogens with zero attached hydrogens (tertiary/aromatic N) is 5. The van der Waals surface area contributed by atoms with Gasteiger partial charge in [0.05, 0.1) is 10.9 Å². The van der Waals surface area contributed by atoms with E-state index in [1.807, 2.05) is 60.8 Å². The first-order valence-electron chi connectivity index (χ1n) is 19.3. The fourth-order valence-electron chi connectivity index (χ4n) is 7.25. The van der Waals surface area contributed by atoms with Crippen molar-refractivity contribution in [2.75, 3.05) is 13.6 Å². The van der Waals surface area contributed by atoms with E-state index in [2.05, 4.69) is 46.5 Å². The van der Waals surface area contributed by atoms with Gasteiger partial charge in [0.1, 0.15) is 22.9 Å². The maximum absolute atomic E-state index is 16.3. The molecule has 17 heteroatoms. The molecule has 0 fully saturated rings. The van der Waals surface area contributed by atoms with Crippen molar-refractivity contribution in [3.05, 3.63) is 108 Å². The summed E-state index contributed by atoms with van der Waals surface area (Å²) in [7, 11) is 1.55. The number of hydrogen-bond acceptors (Lipinski definition) is 11. The number of aromatic nitrogens is 6. The highest BCUT2D eigenvalue weighted by molar-refractivity contribution is 7.99. The van der Waals surface area contributed by atoms with Gasteiger partial charge >= 0.3 is 0 Å². The number of para-hydroxylation sites is 1. The van der Waals surface area contributed by atoms with Crippen LogP contribution in [0.1, 0.15) is 42.4 Å². The second kappa shape index (κ2) is 19.0. The summed E-state index contributed by atoms with van der Waals surface area (Å²) < 4.78 is 16.3. The lowest BCUT2D eigenvalue weighted by Crippen LogP contribution is -2.57. The van der Waals surface area contributed by atoms with Gasteiger partial charge < -0.3 is 37.0 Å². The highest BCUT2D eigenvalue weighted by Crippen LogP contribution is 2.39. The van der Waals surface area contributed by atoms with E-state index in [4.69, 9.17) is 11.1 Å². The number of hydrogen-bond donors (Lipinski definition) is 7. The number of aromatic amines is 2. The smallest absolute Gasteiger partial charge is 0.245 e. The van der Waals surface area contributed by atoms with E-state index in [0.717, 1.165) is 39.4 Å². The molecule has 4 heterocycles. The number of carbonyl (C=O) groups excluding carboxylic acids is 3. The van der Waals surface area contributed by atoms with Gasteiger partial charge in [0.25, 0.3) is 0 Å². The molecule has 304 valence electrons. The number of H-pyrrole nitrogens is 2. The number of likely N-dealkylation sites (N-methyl/N-ethyl adjacent to an activating group) is 1. The molecule has 8 N–H and O–H groups in total. The molecular weight excluding hydrogens is 772 g/mol. The molecule has 6 aromatic rings. The SMILES string of the molecule is CN1C(=O)[C@H](CCC=N)NC(=O)[C@H](CCCN)NCc2cccnc2Sc2c(F)ccc(-c3ccc(-c4nn[nH]n4)cc3)c2CNC(=O)[C@@H]1Cc1c[nH]c2ccccc12. The Bertz CT molecular complexity index is 2420. The van der Waals surface area contributed by atoms with E-state index in [1.54, 1.807) is 25.4 Å². The molecular formula is C42H45FN12O3S. The van der Waals surface area contributed by atoms with Crippen LogP contribution in [-0.4, -0.2) is 91.1 Å². The van der Waals surface area contributed by atoms with Crippen molar-refractivity contribution in [1.29, 1.82) is 5.41 Å². The average Bonchev–Trinajstić information content (AvgIpc) is 3.95. The molecule has 0 unspecified atom stereocenters. The summed E-state index contributed by atoms with van der Waals surface area (Å²) in [6.07, 6.45) is 6.05. The van der Waals surface area contributed by atoms with Crippen molar-refractivity contribution >= 4 is 46.6 Å². The molecule has 0 radical (unpaired) electrons. The summed E-state index contributed by atoms with van der Waals surface area (Å²) in [6, 6.07) is 19.0. The zero-order chi connectivity index (χ0) is 41.3. The van der Waals surface area contributed by atoms with Crippen molar-refractivity contribution < 1.29 is 18.8 Å². The predicted molar refractivity (Wildman–Crippen MR) is 223 cm³/mol. The second-order valence-electron chi connectivity index (χ2n) is 14.2. The molecule has 0 saturated carbocycles. The lowest BCUT2D eigenvalue weighted by Gasteiger charge is -2.32. The van der Waals surface area contributed by atoms with Crippen molar-refractivity contribution in [1.82, 2.24) is 51.4 Å². The largest absolute Gasteiger partial charge is 0.361 e. The van der Waals surface area contributed by atoms with Gasteiger partial charge in [0, 0.05) is 55.4 Å². The summed E-state index contributed by atoms with van der Waals surface area (Å²) in [6.45, 7) is 0.458. The third-order valence-electron chi connectivity index (χ3n) is 10.5. The standard InChI is InChI=1S/C42H45FN12O3S/c1-55-36(21-28-23-47-33-9-3-2-8-30(28)33)40(57)49-24-31-29(25-12-14-26(15-13-25)38-51-53-54-52-38)16-17-32(43)37(31)59-41-27(7-6-20-46-41)22-48-34(10-4-18-44)39(56)50-35(42(55)58)11-5-19-45/h2-3,6-9,12-17,19-20,23,34-36,45,47-48H,4-5,10-11,18,21-22,24,44H2,1H3,(H,49,57)(H,50,56)(H,51,52,53,54)/t34-,35-,36-/m0/s1. The molecule has 1 aliphatic heterocycles. The Morgan fingerprint density at radius 3 is 2.56 bits per heavy atom. The van der Waals surface area contributed by atoms with E-state index in [1.165, 1.54) is 17.2 Å². The van der Waals surface area contributed by atoms with Crippen molar-refractivity contribution in [2.24, 2.45) is 5.73 Å². The van der Waals surface area contributed by atoms with Crippen LogP contribution < -0.4 is 21.7 Å². The Morgan fingerprint density at radius 1 is 0.966 bits per heavy atom. The Morgan fingerprint density at radius 2 is 1.78 bits per heavy atom. The first kappa shape index (κ1) is 40.9. The third kappa shape index (κ3) is 9.38. The van der Waals surface area contributed by atoms with E-state index in [0.29, 0.717) is 46.9 Å². The lowest BCUT2D eigenvalue weighted by molar-refractivity contribution is -0.142. The zero-order valence-electron chi connectivity index (χ0n) is 32.4. The number of fused-ring (bicyclic) bond motifs is 3. The molecule has 0 aliphatic carbocycles. The summed E-state index contributed by atoms with van der Waals surface area (Å²) in [5.74, 6) is -1.47. The number of nitrogens with two attached hydrogens (primary N) is 1. The molecule has 3 atom stereocenters. The number of carbonyl (C=O) groups is 3. The zero-order valence-corrected chi connectivity index (χ0v) is 33.2. The van der Waals surface area contributed by atoms with Gasteiger partial charge in [-0.2, -0.15) is 5.21 Å². The third-order valence-corrected chi connectivity index (χ3v) is 11.7. The summed E-state index contributed by atoms with van der Waals surface area (Å²) in [5.41, 5.74) is 10.9. The van der Waals surface area contributed by atoms with Crippen LogP contribution in [0, 0.1) is 11.2 Å². The average molecular weight is 817 g/mol. The topological polar surface area (TPSA) is 224 Å². The van der Waals surface area contributed by atoms with Crippen LogP contribution in [-0.2, 0) is 33.9 Å². The second-order valence-corrected chi connectivity index (χ2v) is 15.2. The number of rotatable bonds is 10. The van der Waals surface area contributed by atoms with Gasteiger partial charge in [0.15, 0.2) is 0 Å². The fourth-order valence-corrected chi connectivity index (χ4v) is 8.30. The molecule has 15 nitrogen and oxygen atoms in total. The van der Waals surface area contributed by atoms with Gasteiger partial charge in [0.2, 0.25) is 23.5 Å². The molecule has 3 aromatic heterocycles. The molecule has 0 saturated heterocycles. The van der Waals surface area contributed by atoms with Gasteiger partial charge in [-0.1, -0.05) is 66.4 Å². The highest BCUT2D eigenvalue weighted by Gasteiger charge is 2.34. The lowest BCUT2D eigenvalue weighted by atomic mass is 9.97. The Balaban J connectivity index is 1.34. The molecule has 7 rings (SSSR count). The Kier molecular flexibility index (Phi) is 13.1. The minimum absolute atomic E-state index is 0.0944. The first-order valence-corrected chi connectivity index (χ1v) is 20.2. The number of benzene rings is 3. The fraction of sp³-hybridized carbons (Fsp3) is 0.286. The number of amides is 3. The maximum atomic E-state index is 16.3. The number of halogens is 1. The van der Waals surface area contributed by atoms with E-state index in [-0.39, 0.29) is 37.2 Å². The van der Waals surface area contributed by atoms with Crippen molar-refractivity contribution in [2.45, 2.75) is 73.2 Å². The number of pyridine rings is 1. The molecule has 3 amide bonds. The molecule has 1 aliphatic rings. The molecule has 3 aromatic carbocycles. The van der Waals surface area contributed by atoms with Crippen molar-refractivity contribution in [3.63, 3.8) is 0 Å². The molecule has 59 heavy (non-hydrogen) atoms.